The fraction of sp³-hybridized carbons (Fsp3) is 0.125. The van der Waals surface area contributed by atoms with Crippen LogP contribution >= 0.6 is 11.6 Å². The number of allylic oxidation sites excluding steroid dienone is 1. The van der Waals surface area contributed by atoms with Crippen LogP contribution in [0.5, 0.6) is 0 Å². The highest BCUT2D eigenvalue weighted by Gasteiger charge is 1.99. The minimum Gasteiger partial charge on any atom is -0.381 e. The lowest BCUT2D eigenvalue weighted by molar-refractivity contribution is 1.14. The first-order chi connectivity index (χ1) is 8.75. The van der Waals surface area contributed by atoms with Gasteiger partial charge in [0.05, 0.1) is 0 Å². The Hall–Kier alpha value is -1.73. The molecule has 1 nitrogen and oxygen atoms in total. The van der Waals surface area contributed by atoms with E-state index in [2.05, 4.69) is 29.6 Å². The number of anilines is 1. The van der Waals surface area contributed by atoms with Crippen LogP contribution in [0.15, 0.2) is 59.6 Å². The van der Waals surface area contributed by atoms with Crippen molar-refractivity contribution in [3.05, 3.63) is 70.8 Å². The van der Waals surface area contributed by atoms with E-state index in [-0.39, 0.29) is 0 Å². The van der Waals surface area contributed by atoms with Crippen molar-refractivity contribution >= 4 is 23.4 Å². The zero-order chi connectivity index (χ0) is 12.8. The van der Waals surface area contributed by atoms with Gasteiger partial charge in [-0.05, 0) is 36.3 Å². The van der Waals surface area contributed by atoms with E-state index in [4.69, 9.17) is 11.6 Å². The molecule has 92 valence electrons. The van der Waals surface area contributed by atoms with E-state index in [1.807, 2.05) is 43.3 Å². The lowest BCUT2D eigenvalue weighted by Gasteiger charge is -2.09. The highest BCUT2D eigenvalue weighted by Crippen LogP contribution is 2.16. The third-order valence-electron chi connectivity index (χ3n) is 2.67. The zero-order valence-electron chi connectivity index (χ0n) is 10.4. The fourth-order valence-electron chi connectivity index (χ4n) is 1.80. The number of rotatable bonds is 4. The van der Waals surface area contributed by atoms with Crippen molar-refractivity contribution in [3.63, 3.8) is 0 Å². The molecule has 0 aliphatic rings. The summed E-state index contributed by atoms with van der Waals surface area (Å²) in [6, 6.07) is 18.4. The van der Waals surface area contributed by atoms with Gasteiger partial charge in [0, 0.05) is 17.3 Å². The summed E-state index contributed by atoms with van der Waals surface area (Å²) in [5, 5.41) is 4.20. The molecular weight excluding hydrogens is 242 g/mol. The van der Waals surface area contributed by atoms with Crippen LogP contribution in [0.4, 0.5) is 5.69 Å². The highest BCUT2D eigenvalue weighted by molar-refractivity contribution is 6.31. The minimum atomic E-state index is 0.793. The van der Waals surface area contributed by atoms with E-state index >= 15 is 0 Å². The lowest BCUT2D eigenvalue weighted by Crippen LogP contribution is -2.00. The van der Waals surface area contributed by atoms with Crippen LogP contribution < -0.4 is 5.32 Å². The Labute approximate surface area is 113 Å². The molecule has 1 N–H and O–H groups in total. The molecule has 18 heavy (non-hydrogen) atoms. The molecule has 2 heteroatoms. The number of nitrogens with one attached hydrogen (secondary N) is 1. The summed E-state index contributed by atoms with van der Waals surface area (Å²) in [4.78, 5) is 0. The molecule has 0 aliphatic heterocycles. The summed E-state index contributed by atoms with van der Waals surface area (Å²) in [5.74, 6) is 0. The van der Waals surface area contributed by atoms with Crippen LogP contribution in [0.2, 0.25) is 0 Å². The van der Waals surface area contributed by atoms with Crippen molar-refractivity contribution in [2.75, 3.05) is 5.32 Å². The molecule has 0 amide bonds. The molecule has 0 bridgehead atoms. The molecular formula is C16H16ClN. The Balaban J connectivity index is 2.12. The van der Waals surface area contributed by atoms with E-state index in [0.717, 1.165) is 22.8 Å². The largest absolute Gasteiger partial charge is 0.381 e. The number of para-hydroxylation sites is 1. The molecule has 0 saturated carbocycles. The number of hydrogen-bond donors (Lipinski definition) is 1. The molecule has 0 unspecified atom stereocenters. The summed E-state index contributed by atoms with van der Waals surface area (Å²) in [7, 11) is 0. The molecule has 2 rings (SSSR count). The Kier molecular flexibility index (Phi) is 4.43. The lowest BCUT2D eigenvalue weighted by atomic mass is 10.1. The Morgan fingerprint density at radius 2 is 1.72 bits per heavy atom. The monoisotopic (exact) mass is 257 g/mol. The minimum absolute atomic E-state index is 0.793. The first-order valence-electron chi connectivity index (χ1n) is 5.96. The zero-order valence-corrected chi connectivity index (χ0v) is 11.1. The van der Waals surface area contributed by atoms with Gasteiger partial charge in [-0.2, -0.15) is 0 Å². The average molecular weight is 258 g/mol. The maximum Gasteiger partial charge on any atom is 0.0406 e. The number of halogens is 1. The fourth-order valence-corrected chi connectivity index (χ4v) is 1.92. The topological polar surface area (TPSA) is 12.0 Å². The van der Waals surface area contributed by atoms with Crippen LogP contribution in [-0.2, 0) is 6.54 Å². The van der Waals surface area contributed by atoms with Crippen molar-refractivity contribution < 1.29 is 0 Å². The van der Waals surface area contributed by atoms with Crippen LogP contribution in [0.1, 0.15) is 18.1 Å². The van der Waals surface area contributed by atoms with Gasteiger partial charge < -0.3 is 5.32 Å². The second kappa shape index (κ2) is 6.27. The maximum absolute atomic E-state index is 5.94. The van der Waals surface area contributed by atoms with Crippen molar-refractivity contribution in [1.29, 1.82) is 0 Å². The van der Waals surface area contributed by atoms with Crippen LogP contribution in [-0.4, -0.2) is 0 Å². The van der Waals surface area contributed by atoms with Crippen molar-refractivity contribution in [2.24, 2.45) is 0 Å². The molecule has 0 aliphatic carbocycles. The molecule has 2 aromatic carbocycles. The number of hydrogen-bond acceptors (Lipinski definition) is 1. The summed E-state index contributed by atoms with van der Waals surface area (Å²) < 4.78 is 0. The normalized spacial score (nSPS) is 11.3. The third-order valence-corrected chi connectivity index (χ3v) is 2.78. The van der Waals surface area contributed by atoms with Gasteiger partial charge in [0.1, 0.15) is 0 Å². The van der Waals surface area contributed by atoms with E-state index in [1.54, 1.807) is 0 Å². The van der Waals surface area contributed by atoms with Crippen molar-refractivity contribution in [3.8, 4) is 0 Å². The SMILES string of the molecule is C/C(Cl)=C/c1ccccc1CNc1ccccc1. The van der Waals surface area contributed by atoms with Crippen LogP contribution in [0, 0.1) is 0 Å². The second-order valence-corrected chi connectivity index (χ2v) is 4.75. The van der Waals surface area contributed by atoms with Crippen molar-refractivity contribution in [2.45, 2.75) is 13.5 Å². The quantitative estimate of drug-likeness (QED) is 0.822. The first-order valence-corrected chi connectivity index (χ1v) is 6.34. The van der Waals surface area contributed by atoms with Gasteiger partial charge in [0.25, 0.3) is 0 Å². The summed E-state index contributed by atoms with van der Waals surface area (Å²) in [5.41, 5.74) is 3.52. The average Bonchev–Trinajstić information content (AvgIpc) is 2.38. The van der Waals surface area contributed by atoms with E-state index in [1.165, 1.54) is 5.56 Å². The van der Waals surface area contributed by atoms with Gasteiger partial charge in [-0.15, -0.1) is 0 Å². The molecule has 0 saturated heterocycles. The summed E-state index contributed by atoms with van der Waals surface area (Å²) >= 11 is 5.94. The van der Waals surface area contributed by atoms with Crippen LogP contribution in [0.3, 0.4) is 0 Å². The maximum atomic E-state index is 5.94. The van der Waals surface area contributed by atoms with Gasteiger partial charge in [-0.1, -0.05) is 54.1 Å². The second-order valence-electron chi connectivity index (χ2n) is 4.15. The molecule has 2 aromatic rings. The Morgan fingerprint density at radius 1 is 1.06 bits per heavy atom. The first kappa shape index (κ1) is 12.7. The molecule has 0 radical (unpaired) electrons. The predicted molar refractivity (Wildman–Crippen MR) is 79.7 cm³/mol. The summed E-state index contributed by atoms with van der Waals surface area (Å²) in [6.07, 6.45) is 1.99. The highest BCUT2D eigenvalue weighted by atomic mass is 35.5. The van der Waals surface area contributed by atoms with Gasteiger partial charge in [0.15, 0.2) is 0 Å². The van der Waals surface area contributed by atoms with E-state index < -0.39 is 0 Å². The smallest absolute Gasteiger partial charge is 0.0406 e. The molecule has 0 spiro atoms. The van der Waals surface area contributed by atoms with Gasteiger partial charge in [-0.25, -0.2) is 0 Å². The molecule has 0 heterocycles. The molecule has 0 fully saturated rings. The van der Waals surface area contributed by atoms with Crippen molar-refractivity contribution in [1.82, 2.24) is 0 Å². The Morgan fingerprint density at radius 3 is 2.44 bits per heavy atom. The van der Waals surface area contributed by atoms with Crippen LogP contribution in [0.25, 0.3) is 6.08 Å². The molecule has 0 aromatic heterocycles. The van der Waals surface area contributed by atoms with Gasteiger partial charge in [-0.3, -0.25) is 0 Å². The van der Waals surface area contributed by atoms with Gasteiger partial charge >= 0.3 is 0 Å². The predicted octanol–water partition coefficient (Wildman–Crippen LogP) is 4.90. The van der Waals surface area contributed by atoms with E-state index in [9.17, 15) is 0 Å². The number of benzene rings is 2. The molecule has 0 atom stereocenters. The van der Waals surface area contributed by atoms with E-state index in [0.29, 0.717) is 0 Å². The van der Waals surface area contributed by atoms with Gasteiger partial charge in [0.2, 0.25) is 0 Å². The third kappa shape index (κ3) is 3.64. The Bertz CT molecular complexity index is 528. The standard InChI is InChI=1S/C16H16ClN/c1-13(17)11-14-7-5-6-8-15(14)12-18-16-9-3-2-4-10-16/h2-11,18H,12H2,1H3/b13-11-. The summed E-state index contributed by atoms with van der Waals surface area (Å²) in [6.45, 7) is 2.68.